The maximum Gasteiger partial charge on any atom is 0.233 e. The molecule has 0 aliphatic carbocycles. The molecule has 4 rings (SSSR count). The predicted octanol–water partition coefficient (Wildman–Crippen LogP) is 2.90. The average molecular weight is 383 g/mol. The number of thioether (sulfide) groups is 1. The molecule has 1 saturated heterocycles. The maximum absolute atomic E-state index is 12.3. The van der Waals surface area contributed by atoms with Gasteiger partial charge in [0.15, 0.2) is 5.65 Å². The second-order valence-electron chi connectivity index (χ2n) is 6.31. The molecule has 0 spiro atoms. The summed E-state index contributed by atoms with van der Waals surface area (Å²) in [5.41, 5.74) is 2.47. The molecule has 0 atom stereocenters. The molecule has 0 unspecified atom stereocenters. The van der Waals surface area contributed by atoms with Crippen LogP contribution in [0.3, 0.4) is 0 Å². The van der Waals surface area contributed by atoms with Gasteiger partial charge >= 0.3 is 0 Å². The second-order valence-corrected chi connectivity index (χ2v) is 7.25. The highest BCUT2D eigenvalue weighted by molar-refractivity contribution is 7.99. The SMILES string of the molecule is CCOc1ccc(-c2ccc3nnc(SCC(=O)N4CCCC4)n3n2)cc1. The van der Waals surface area contributed by atoms with Gasteiger partial charge in [-0.2, -0.15) is 9.61 Å². The molecule has 140 valence electrons. The molecule has 1 aromatic carbocycles. The molecule has 0 N–H and O–H groups in total. The summed E-state index contributed by atoms with van der Waals surface area (Å²) in [6.45, 7) is 4.32. The van der Waals surface area contributed by atoms with Gasteiger partial charge in [-0.15, -0.1) is 10.2 Å². The lowest BCUT2D eigenvalue weighted by molar-refractivity contribution is -0.127. The van der Waals surface area contributed by atoms with Gasteiger partial charge in [-0.05, 0) is 56.2 Å². The van der Waals surface area contributed by atoms with Crippen molar-refractivity contribution in [2.45, 2.75) is 24.9 Å². The molecule has 2 aromatic heterocycles. The van der Waals surface area contributed by atoms with Crippen LogP contribution in [-0.2, 0) is 4.79 Å². The van der Waals surface area contributed by atoms with Gasteiger partial charge in [0.25, 0.3) is 0 Å². The number of rotatable bonds is 6. The molecule has 1 aliphatic rings. The van der Waals surface area contributed by atoms with E-state index in [1.165, 1.54) is 11.8 Å². The van der Waals surface area contributed by atoms with Gasteiger partial charge in [0.2, 0.25) is 11.1 Å². The summed E-state index contributed by atoms with van der Waals surface area (Å²) >= 11 is 1.38. The molecule has 8 heteroatoms. The van der Waals surface area contributed by atoms with E-state index in [4.69, 9.17) is 4.74 Å². The van der Waals surface area contributed by atoms with Gasteiger partial charge in [-0.1, -0.05) is 11.8 Å². The fourth-order valence-electron chi connectivity index (χ4n) is 3.09. The first kappa shape index (κ1) is 17.8. The Morgan fingerprint density at radius 3 is 2.63 bits per heavy atom. The number of ether oxygens (including phenoxy) is 1. The molecular weight excluding hydrogens is 362 g/mol. The zero-order chi connectivity index (χ0) is 18.6. The summed E-state index contributed by atoms with van der Waals surface area (Å²) in [5.74, 6) is 1.34. The van der Waals surface area contributed by atoms with Crippen LogP contribution in [0.25, 0.3) is 16.9 Å². The van der Waals surface area contributed by atoms with Crippen LogP contribution in [0.1, 0.15) is 19.8 Å². The number of nitrogens with zero attached hydrogens (tertiary/aromatic N) is 5. The van der Waals surface area contributed by atoms with Crippen LogP contribution in [0.4, 0.5) is 0 Å². The first-order valence-electron chi connectivity index (χ1n) is 9.11. The standard InChI is InChI=1S/C19H21N5O2S/c1-2-26-15-7-5-14(6-8-15)16-9-10-17-20-21-19(24(17)22-16)27-13-18(25)23-11-3-4-12-23/h5-10H,2-4,11-13H2,1H3. The van der Waals surface area contributed by atoms with Gasteiger partial charge in [0.05, 0.1) is 18.1 Å². The molecule has 1 fully saturated rings. The normalized spacial score (nSPS) is 14.0. The van der Waals surface area contributed by atoms with E-state index in [1.54, 1.807) is 4.52 Å². The van der Waals surface area contributed by atoms with Gasteiger partial charge in [0.1, 0.15) is 5.75 Å². The van der Waals surface area contributed by atoms with Crippen molar-refractivity contribution >= 4 is 23.3 Å². The maximum atomic E-state index is 12.3. The Balaban J connectivity index is 1.52. The largest absolute Gasteiger partial charge is 0.494 e. The van der Waals surface area contributed by atoms with Crippen molar-refractivity contribution in [3.8, 4) is 17.0 Å². The van der Waals surface area contributed by atoms with Crippen LogP contribution in [0.2, 0.25) is 0 Å². The topological polar surface area (TPSA) is 72.6 Å². The minimum Gasteiger partial charge on any atom is -0.494 e. The Hall–Kier alpha value is -2.61. The van der Waals surface area contributed by atoms with Crippen LogP contribution < -0.4 is 4.74 Å². The average Bonchev–Trinajstić information content (AvgIpc) is 3.37. The molecule has 27 heavy (non-hydrogen) atoms. The van der Waals surface area contributed by atoms with E-state index in [0.29, 0.717) is 23.2 Å². The molecule has 3 aromatic rings. The van der Waals surface area contributed by atoms with Crippen LogP contribution in [-0.4, -0.2) is 56.1 Å². The molecule has 1 aliphatic heterocycles. The lowest BCUT2D eigenvalue weighted by Crippen LogP contribution is -2.29. The first-order chi connectivity index (χ1) is 13.2. The monoisotopic (exact) mass is 383 g/mol. The van der Waals surface area contributed by atoms with Crippen molar-refractivity contribution < 1.29 is 9.53 Å². The van der Waals surface area contributed by atoms with Gasteiger partial charge < -0.3 is 9.64 Å². The van der Waals surface area contributed by atoms with E-state index in [-0.39, 0.29) is 5.91 Å². The van der Waals surface area contributed by atoms with E-state index < -0.39 is 0 Å². The van der Waals surface area contributed by atoms with Crippen LogP contribution in [0.15, 0.2) is 41.6 Å². The molecule has 7 nitrogen and oxygen atoms in total. The summed E-state index contributed by atoms with van der Waals surface area (Å²) in [4.78, 5) is 14.2. The predicted molar refractivity (Wildman–Crippen MR) is 104 cm³/mol. The first-order valence-corrected chi connectivity index (χ1v) is 10.1. The number of likely N-dealkylation sites (tertiary alicyclic amines) is 1. The Labute approximate surface area is 161 Å². The lowest BCUT2D eigenvalue weighted by atomic mass is 10.1. The number of amides is 1. The lowest BCUT2D eigenvalue weighted by Gasteiger charge is -2.14. The highest BCUT2D eigenvalue weighted by Crippen LogP contribution is 2.23. The fourth-order valence-corrected chi connectivity index (χ4v) is 3.88. The van der Waals surface area contributed by atoms with Crippen molar-refractivity contribution in [2.75, 3.05) is 25.4 Å². The summed E-state index contributed by atoms with van der Waals surface area (Å²) in [6.07, 6.45) is 2.19. The molecule has 0 saturated carbocycles. The summed E-state index contributed by atoms with van der Waals surface area (Å²) < 4.78 is 7.19. The zero-order valence-corrected chi connectivity index (χ0v) is 16.0. The molecule has 0 radical (unpaired) electrons. The summed E-state index contributed by atoms with van der Waals surface area (Å²) in [6, 6.07) is 11.6. The van der Waals surface area contributed by atoms with Crippen LogP contribution >= 0.6 is 11.8 Å². The van der Waals surface area contributed by atoms with Crippen LogP contribution in [0, 0.1) is 0 Å². The third-order valence-electron chi connectivity index (χ3n) is 4.48. The Bertz CT molecular complexity index is 935. The number of hydrogen-bond acceptors (Lipinski definition) is 6. The fraction of sp³-hybridized carbons (Fsp3) is 0.368. The van der Waals surface area contributed by atoms with Gasteiger partial charge in [0, 0.05) is 18.7 Å². The van der Waals surface area contributed by atoms with E-state index in [9.17, 15) is 4.79 Å². The molecule has 0 bridgehead atoms. The molecule has 1 amide bonds. The third kappa shape index (κ3) is 3.90. The summed E-state index contributed by atoms with van der Waals surface area (Å²) in [7, 11) is 0. The highest BCUT2D eigenvalue weighted by Gasteiger charge is 2.19. The number of benzene rings is 1. The van der Waals surface area contributed by atoms with Gasteiger partial charge in [-0.25, -0.2) is 0 Å². The third-order valence-corrected chi connectivity index (χ3v) is 5.38. The molecular formula is C19H21N5O2S. The number of carbonyl (C=O) groups is 1. The van der Waals surface area contributed by atoms with Crippen molar-refractivity contribution in [3.63, 3.8) is 0 Å². The smallest absolute Gasteiger partial charge is 0.233 e. The number of carbonyl (C=O) groups excluding carboxylic acids is 1. The number of hydrogen-bond donors (Lipinski definition) is 0. The van der Waals surface area contributed by atoms with Gasteiger partial charge in [-0.3, -0.25) is 4.79 Å². The Kier molecular flexibility index (Phi) is 5.24. The van der Waals surface area contributed by atoms with Crippen molar-refractivity contribution in [2.24, 2.45) is 0 Å². The van der Waals surface area contributed by atoms with Crippen molar-refractivity contribution in [1.29, 1.82) is 0 Å². The van der Waals surface area contributed by atoms with Crippen LogP contribution in [0.5, 0.6) is 5.75 Å². The van der Waals surface area contributed by atoms with E-state index in [0.717, 1.165) is 42.9 Å². The minimum absolute atomic E-state index is 0.150. The molecule has 3 heterocycles. The zero-order valence-electron chi connectivity index (χ0n) is 15.2. The van der Waals surface area contributed by atoms with Crippen molar-refractivity contribution in [1.82, 2.24) is 24.7 Å². The highest BCUT2D eigenvalue weighted by atomic mass is 32.2. The van der Waals surface area contributed by atoms with E-state index >= 15 is 0 Å². The number of fused-ring (bicyclic) bond motifs is 1. The Morgan fingerprint density at radius 2 is 1.89 bits per heavy atom. The van der Waals surface area contributed by atoms with E-state index in [2.05, 4.69) is 15.3 Å². The number of aromatic nitrogens is 4. The van der Waals surface area contributed by atoms with Crippen molar-refractivity contribution in [3.05, 3.63) is 36.4 Å². The second kappa shape index (κ2) is 7.96. The minimum atomic E-state index is 0.150. The summed E-state index contributed by atoms with van der Waals surface area (Å²) in [5, 5.41) is 13.6. The Morgan fingerprint density at radius 1 is 1.11 bits per heavy atom. The van der Waals surface area contributed by atoms with E-state index in [1.807, 2.05) is 48.2 Å². The quantitative estimate of drug-likeness (QED) is 0.610.